The van der Waals surface area contributed by atoms with E-state index in [1.807, 2.05) is 13.8 Å². The molecule has 0 unspecified atom stereocenters. The number of ether oxygens (including phenoxy) is 1. The summed E-state index contributed by atoms with van der Waals surface area (Å²) in [6, 6.07) is 3.13. The van der Waals surface area contributed by atoms with E-state index in [1.165, 1.54) is 12.3 Å². The van der Waals surface area contributed by atoms with Gasteiger partial charge in [0.2, 0.25) is 0 Å². The van der Waals surface area contributed by atoms with Crippen LogP contribution < -0.4 is 15.8 Å². The topological polar surface area (TPSA) is 85.0 Å². The molecular weight excluding hydrogens is 262 g/mol. The standard InChI is InChI=1S/C13H19N3O4/c1-9-6-16(7-10(2)20-9)8-12(17)14-15-13(18)11-4-3-5-19-11/h3-5,9-10H,6-8H2,1-2H3,(H,14,17)(H,15,18)/p+1/t9-,10-/m0/s1. The molecule has 0 aliphatic carbocycles. The minimum absolute atomic E-state index is 0.138. The third-order valence-corrected chi connectivity index (χ3v) is 3.09. The summed E-state index contributed by atoms with van der Waals surface area (Å²) in [5.41, 5.74) is 4.71. The predicted octanol–water partition coefficient (Wildman–Crippen LogP) is -1.27. The maximum Gasteiger partial charge on any atom is 0.305 e. The number of nitrogens with one attached hydrogen (secondary N) is 3. The molecule has 0 saturated carbocycles. The van der Waals surface area contributed by atoms with Crippen LogP contribution in [0, 0.1) is 0 Å². The lowest BCUT2D eigenvalue weighted by atomic mass is 10.2. The van der Waals surface area contributed by atoms with Crippen LogP contribution in [0.25, 0.3) is 0 Å². The van der Waals surface area contributed by atoms with Crippen LogP contribution in [0.3, 0.4) is 0 Å². The highest BCUT2D eigenvalue weighted by atomic mass is 16.5. The summed E-state index contributed by atoms with van der Waals surface area (Å²) in [5.74, 6) is -0.547. The fraction of sp³-hybridized carbons (Fsp3) is 0.538. The maximum absolute atomic E-state index is 11.8. The zero-order valence-electron chi connectivity index (χ0n) is 11.6. The van der Waals surface area contributed by atoms with Gasteiger partial charge < -0.3 is 14.1 Å². The van der Waals surface area contributed by atoms with E-state index in [9.17, 15) is 9.59 Å². The van der Waals surface area contributed by atoms with Gasteiger partial charge in [-0.2, -0.15) is 0 Å². The second-order valence-corrected chi connectivity index (χ2v) is 5.07. The van der Waals surface area contributed by atoms with Crippen molar-refractivity contribution in [1.82, 2.24) is 10.9 Å². The van der Waals surface area contributed by atoms with E-state index in [-0.39, 0.29) is 23.9 Å². The Morgan fingerprint density at radius 1 is 1.30 bits per heavy atom. The largest absolute Gasteiger partial charge is 0.459 e. The number of carbonyl (C=O) groups is 2. The second-order valence-electron chi connectivity index (χ2n) is 5.07. The van der Waals surface area contributed by atoms with E-state index in [4.69, 9.17) is 9.15 Å². The molecule has 1 fully saturated rings. The lowest BCUT2D eigenvalue weighted by molar-refractivity contribution is -0.907. The third kappa shape index (κ3) is 4.07. The first-order valence-electron chi connectivity index (χ1n) is 6.66. The van der Waals surface area contributed by atoms with Crippen LogP contribution in [0.1, 0.15) is 24.4 Å². The molecule has 2 amide bonds. The highest BCUT2D eigenvalue weighted by molar-refractivity contribution is 5.92. The van der Waals surface area contributed by atoms with Crippen LogP contribution in [-0.2, 0) is 9.53 Å². The number of amides is 2. The number of hydrazine groups is 1. The Kier molecular flexibility index (Phi) is 4.75. The molecule has 1 aliphatic rings. The smallest absolute Gasteiger partial charge is 0.305 e. The maximum atomic E-state index is 11.8. The van der Waals surface area contributed by atoms with Gasteiger partial charge in [0.25, 0.3) is 5.91 Å². The summed E-state index contributed by atoms with van der Waals surface area (Å²) in [7, 11) is 0. The first-order chi connectivity index (χ1) is 9.54. The van der Waals surface area contributed by atoms with Crippen LogP contribution in [0.2, 0.25) is 0 Å². The highest BCUT2D eigenvalue weighted by Gasteiger charge is 2.27. The van der Waals surface area contributed by atoms with Gasteiger partial charge in [-0.1, -0.05) is 0 Å². The Hall–Kier alpha value is -1.86. The van der Waals surface area contributed by atoms with Crippen LogP contribution in [0.5, 0.6) is 0 Å². The van der Waals surface area contributed by atoms with Gasteiger partial charge in [0.1, 0.15) is 25.3 Å². The number of rotatable bonds is 3. The van der Waals surface area contributed by atoms with E-state index in [0.717, 1.165) is 18.0 Å². The molecule has 0 bridgehead atoms. The van der Waals surface area contributed by atoms with Gasteiger partial charge in [-0.15, -0.1) is 0 Å². The zero-order chi connectivity index (χ0) is 14.5. The lowest BCUT2D eigenvalue weighted by Crippen LogP contribution is -3.16. The Labute approximate surface area is 117 Å². The van der Waals surface area contributed by atoms with E-state index in [2.05, 4.69) is 10.9 Å². The van der Waals surface area contributed by atoms with Gasteiger partial charge in [-0.05, 0) is 26.0 Å². The normalized spacial score (nSPS) is 26.0. The SMILES string of the molecule is C[C@H]1C[NH+](CC(=O)NNC(=O)c2ccco2)C[C@H](C)O1. The van der Waals surface area contributed by atoms with E-state index in [0.29, 0.717) is 6.54 Å². The number of quaternary nitrogens is 1. The fourth-order valence-electron chi connectivity index (χ4n) is 2.40. The van der Waals surface area contributed by atoms with Crippen molar-refractivity contribution in [1.29, 1.82) is 0 Å². The van der Waals surface area contributed by atoms with Crippen LogP contribution in [-0.4, -0.2) is 43.7 Å². The first-order valence-corrected chi connectivity index (χ1v) is 6.66. The Morgan fingerprint density at radius 2 is 2.00 bits per heavy atom. The van der Waals surface area contributed by atoms with Gasteiger partial charge in [0.15, 0.2) is 12.3 Å². The molecule has 1 aromatic rings. The molecular formula is C13H20N3O4+. The minimum Gasteiger partial charge on any atom is -0.459 e. The number of furan rings is 1. The Bertz CT molecular complexity index is 450. The van der Waals surface area contributed by atoms with Crippen LogP contribution in [0.15, 0.2) is 22.8 Å². The van der Waals surface area contributed by atoms with Gasteiger partial charge in [0.05, 0.1) is 6.26 Å². The predicted molar refractivity (Wildman–Crippen MR) is 69.9 cm³/mol. The lowest BCUT2D eigenvalue weighted by Gasteiger charge is -2.31. The average Bonchev–Trinajstić information content (AvgIpc) is 2.88. The minimum atomic E-state index is -0.470. The molecule has 110 valence electrons. The Morgan fingerprint density at radius 3 is 2.60 bits per heavy atom. The average molecular weight is 282 g/mol. The van der Waals surface area contributed by atoms with Crippen molar-refractivity contribution in [2.24, 2.45) is 0 Å². The summed E-state index contributed by atoms with van der Waals surface area (Å²) in [5, 5.41) is 0. The zero-order valence-corrected chi connectivity index (χ0v) is 11.6. The number of carbonyl (C=O) groups excluding carboxylic acids is 2. The quantitative estimate of drug-likeness (QED) is 0.604. The van der Waals surface area contributed by atoms with Crippen LogP contribution >= 0.6 is 0 Å². The summed E-state index contributed by atoms with van der Waals surface area (Å²) >= 11 is 0. The summed E-state index contributed by atoms with van der Waals surface area (Å²) in [6.07, 6.45) is 1.68. The number of morpholine rings is 1. The van der Waals surface area contributed by atoms with Crippen molar-refractivity contribution in [3.05, 3.63) is 24.2 Å². The molecule has 20 heavy (non-hydrogen) atoms. The van der Waals surface area contributed by atoms with Crippen molar-refractivity contribution < 1.29 is 23.6 Å². The molecule has 3 N–H and O–H groups in total. The summed E-state index contributed by atoms with van der Waals surface area (Å²) < 4.78 is 10.5. The first kappa shape index (κ1) is 14.5. The van der Waals surface area contributed by atoms with Crippen molar-refractivity contribution >= 4 is 11.8 Å². The van der Waals surface area contributed by atoms with Gasteiger partial charge in [0, 0.05) is 0 Å². The van der Waals surface area contributed by atoms with Crippen molar-refractivity contribution in [3.63, 3.8) is 0 Å². The Balaban J connectivity index is 1.74. The number of hydrogen-bond acceptors (Lipinski definition) is 4. The van der Waals surface area contributed by atoms with E-state index in [1.54, 1.807) is 6.07 Å². The number of hydrogen-bond donors (Lipinski definition) is 3. The molecule has 2 heterocycles. The molecule has 2 atom stereocenters. The molecule has 0 radical (unpaired) electrons. The molecule has 1 saturated heterocycles. The van der Waals surface area contributed by atoms with E-state index >= 15 is 0 Å². The molecule has 0 spiro atoms. The van der Waals surface area contributed by atoms with Crippen LogP contribution in [0.4, 0.5) is 0 Å². The second kappa shape index (κ2) is 6.53. The van der Waals surface area contributed by atoms with Crippen molar-refractivity contribution in [3.8, 4) is 0 Å². The fourth-order valence-corrected chi connectivity index (χ4v) is 2.40. The molecule has 1 aliphatic heterocycles. The summed E-state index contributed by atoms with van der Waals surface area (Å²) in [6.45, 7) is 5.85. The monoisotopic (exact) mass is 282 g/mol. The third-order valence-electron chi connectivity index (χ3n) is 3.09. The molecule has 1 aromatic heterocycles. The van der Waals surface area contributed by atoms with Crippen molar-refractivity contribution in [2.75, 3.05) is 19.6 Å². The molecule has 2 rings (SSSR count). The van der Waals surface area contributed by atoms with Crippen molar-refractivity contribution in [2.45, 2.75) is 26.1 Å². The summed E-state index contributed by atoms with van der Waals surface area (Å²) in [4.78, 5) is 24.5. The van der Waals surface area contributed by atoms with Gasteiger partial charge in [-0.3, -0.25) is 20.4 Å². The van der Waals surface area contributed by atoms with Gasteiger partial charge >= 0.3 is 5.91 Å². The van der Waals surface area contributed by atoms with Gasteiger partial charge in [-0.25, -0.2) is 0 Å². The molecule has 7 heteroatoms. The van der Waals surface area contributed by atoms with E-state index < -0.39 is 5.91 Å². The molecule has 7 nitrogen and oxygen atoms in total. The molecule has 0 aromatic carbocycles. The highest BCUT2D eigenvalue weighted by Crippen LogP contribution is 1.98.